The highest BCUT2D eigenvalue weighted by molar-refractivity contribution is 6.14. The van der Waals surface area contributed by atoms with Crippen LogP contribution in [0.5, 0.6) is 0 Å². The van der Waals surface area contributed by atoms with Crippen LogP contribution in [0.15, 0.2) is 157 Å². The molecule has 7 aromatic rings. The minimum Gasteiger partial charge on any atom is -0.310 e. The number of hydrogen-bond donors (Lipinski definition) is 0. The maximum Gasteiger partial charge on any atom is 0.0581 e. The summed E-state index contributed by atoms with van der Waals surface area (Å²) in [4.78, 5) is 2.35. The van der Waals surface area contributed by atoms with E-state index in [9.17, 15) is 0 Å². The monoisotopic (exact) mass is 634 g/mol. The highest BCUT2D eigenvalue weighted by Gasteiger charge is 2.35. The van der Waals surface area contributed by atoms with Gasteiger partial charge in [0.25, 0.3) is 0 Å². The standard InChI is InChI=1S/C47H42N2/c1-6-13-45-42(7-2)47(4,5)43-19-12-18-40-41-31-36(24-29-44(41)49(45)46(40)43)35-22-27-38(28-23-35)48(39-17-11-14-32(3)30-39)37-25-20-34(21-26-37)33-15-9-8-10-16-33/h6,8-31H,7H2,1-5H3/b13-6-. The fourth-order valence-electron chi connectivity index (χ4n) is 8.03. The molecule has 0 atom stereocenters. The van der Waals surface area contributed by atoms with Crippen LogP contribution in [0.1, 0.15) is 45.2 Å². The summed E-state index contributed by atoms with van der Waals surface area (Å²) < 4.78 is 2.51. The maximum atomic E-state index is 2.51. The van der Waals surface area contributed by atoms with Gasteiger partial charge in [-0.1, -0.05) is 118 Å². The summed E-state index contributed by atoms with van der Waals surface area (Å²) in [5.41, 5.74) is 16.3. The summed E-state index contributed by atoms with van der Waals surface area (Å²) in [7, 11) is 0. The van der Waals surface area contributed by atoms with Gasteiger partial charge in [0, 0.05) is 38.9 Å². The number of nitrogens with zero attached hydrogens (tertiary/aromatic N) is 2. The van der Waals surface area contributed by atoms with Crippen LogP contribution in [0.3, 0.4) is 0 Å². The Hall–Kier alpha value is -5.60. The second kappa shape index (κ2) is 12.1. The van der Waals surface area contributed by atoms with Crippen molar-refractivity contribution in [1.82, 2.24) is 4.57 Å². The first kappa shape index (κ1) is 30.7. The van der Waals surface area contributed by atoms with Crippen molar-refractivity contribution >= 4 is 44.6 Å². The van der Waals surface area contributed by atoms with Crippen LogP contribution in [-0.4, -0.2) is 4.57 Å². The van der Waals surface area contributed by atoms with Gasteiger partial charge in [-0.25, -0.2) is 0 Å². The zero-order chi connectivity index (χ0) is 33.7. The Bertz CT molecular complexity index is 2380. The van der Waals surface area contributed by atoms with Gasteiger partial charge in [0.1, 0.15) is 0 Å². The fraction of sp³-hybridized carbons (Fsp3) is 0.149. The van der Waals surface area contributed by atoms with E-state index in [0.717, 1.165) is 23.5 Å². The number of fused-ring (bicyclic) bond motifs is 3. The maximum absolute atomic E-state index is 2.51. The molecule has 1 aliphatic heterocycles. The SMILES string of the molecule is C/C=C\C1=C(CC)C(C)(C)c2cccc3c4cc(-c5ccc(N(c6ccc(-c7ccccc7)cc6)c6cccc(C)c6)cc5)ccc4n1c23. The second-order valence-electron chi connectivity index (χ2n) is 13.7. The number of aryl methyl sites for hydroxylation is 1. The van der Waals surface area contributed by atoms with E-state index in [1.165, 1.54) is 66.5 Å². The van der Waals surface area contributed by atoms with Crippen molar-refractivity contribution < 1.29 is 0 Å². The predicted octanol–water partition coefficient (Wildman–Crippen LogP) is 13.4. The average molecular weight is 635 g/mol. The molecule has 0 aliphatic carbocycles. The third kappa shape index (κ3) is 5.11. The lowest BCUT2D eigenvalue weighted by Crippen LogP contribution is -2.27. The molecular weight excluding hydrogens is 593 g/mol. The van der Waals surface area contributed by atoms with E-state index in [2.05, 4.69) is 196 Å². The van der Waals surface area contributed by atoms with Crippen molar-refractivity contribution in [1.29, 1.82) is 0 Å². The molecule has 0 fully saturated rings. The van der Waals surface area contributed by atoms with Gasteiger partial charge >= 0.3 is 0 Å². The third-order valence-electron chi connectivity index (χ3n) is 10.4. The Morgan fingerprint density at radius 3 is 1.90 bits per heavy atom. The van der Waals surface area contributed by atoms with Gasteiger partial charge in [-0.2, -0.15) is 0 Å². The highest BCUT2D eigenvalue weighted by Crippen LogP contribution is 2.49. The van der Waals surface area contributed by atoms with Gasteiger partial charge in [0.2, 0.25) is 0 Å². The minimum absolute atomic E-state index is 0.0306. The minimum atomic E-state index is -0.0306. The summed E-state index contributed by atoms with van der Waals surface area (Å²) >= 11 is 0. The topological polar surface area (TPSA) is 8.17 Å². The molecule has 0 unspecified atom stereocenters. The van der Waals surface area contributed by atoms with Gasteiger partial charge < -0.3 is 9.47 Å². The van der Waals surface area contributed by atoms with Crippen molar-refractivity contribution in [2.75, 3.05) is 4.90 Å². The molecule has 2 heterocycles. The molecule has 1 aromatic heterocycles. The van der Waals surface area contributed by atoms with Crippen molar-refractivity contribution in [3.05, 3.63) is 168 Å². The number of hydrogen-bond acceptors (Lipinski definition) is 1. The molecule has 0 amide bonds. The van der Waals surface area contributed by atoms with E-state index >= 15 is 0 Å². The molecule has 6 aromatic carbocycles. The van der Waals surface area contributed by atoms with Gasteiger partial charge in [0.05, 0.1) is 11.0 Å². The Morgan fingerprint density at radius 2 is 1.24 bits per heavy atom. The van der Waals surface area contributed by atoms with Gasteiger partial charge in [-0.15, -0.1) is 0 Å². The lowest BCUT2D eigenvalue weighted by Gasteiger charge is -2.36. The smallest absolute Gasteiger partial charge is 0.0581 e. The van der Waals surface area contributed by atoms with E-state index in [4.69, 9.17) is 0 Å². The molecule has 0 saturated heterocycles. The van der Waals surface area contributed by atoms with Crippen LogP contribution in [0.2, 0.25) is 0 Å². The number of allylic oxidation sites excluding steroid dienone is 4. The van der Waals surface area contributed by atoms with Crippen LogP contribution in [0, 0.1) is 6.92 Å². The fourth-order valence-corrected chi connectivity index (χ4v) is 8.03. The summed E-state index contributed by atoms with van der Waals surface area (Å²) in [6, 6.07) is 51.1. The van der Waals surface area contributed by atoms with E-state index in [-0.39, 0.29) is 5.41 Å². The van der Waals surface area contributed by atoms with Crippen molar-refractivity contribution in [3.8, 4) is 22.3 Å². The predicted molar refractivity (Wildman–Crippen MR) is 211 cm³/mol. The molecule has 2 heteroatoms. The lowest BCUT2D eigenvalue weighted by atomic mass is 9.73. The number of para-hydroxylation sites is 1. The molecule has 0 saturated carbocycles. The first-order chi connectivity index (χ1) is 23.9. The Labute approximate surface area is 290 Å². The van der Waals surface area contributed by atoms with Gasteiger partial charge in [-0.05, 0) is 114 Å². The molecule has 2 nitrogen and oxygen atoms in total. The number of anilines is 3. The molecular formula is C47H42N2. The Balaban J connectivity index is 1.21. The summed E-state index contributed by atoms with van der Waals surface area (Å²) in [6.45, 7) is 11.3. The van der Waals surface area contributed by atoms with E-state index < -0.39 is 0 Å². The molecule has 1 aliphatic rings. The molecule has 240 valence electrons. The first-order valence-corrected chi connectivity index (χ1v) is 17.5. The number of rotatable bonds is 7. The molecule has 0 N–H and O–H groups in total. The Kier molecular flexibility index (Phi) is 7.60. The Morgan fingerprint density at radius 1 is 0.612 bits per heavy atom. The quantitative estimate of drug-likeness (QED) is 0.169. The number of aromatic nitrogens is 1. The van der Waals surface area contributed by atoms with Crippen molar-refractivity contribution in [2.24, 2.45) is 0 Å². The zero-order valence-corrected chi connectivity index (χ0v) is 29.0. The lowest BCUT2D eigenvalue weighted by molar-refractivity contribution is 0.597. The molecule has 0 bridgehead atoms. The van der Waals surface area contributed by atoms with Crippen LogP contribution in [0.4, 0.5) is 17.1 Å². The largest absolute Gasteiger partial charge is 0.310 e. The average Bonchev–Trinajstić information content (AvgIpc) is 3.46. The highest BCUT2D eigenvalue weighted by atomic mass is 15.1. The molecule has 0 spiro atoms. The van der Waals surface area contributed by atoms with E-state index in [1.54, 1.807) is 0 Å². The van der Waals surface area contributed by atoms with Crippen LogP contribution in [0.25, 0.3) is 49.8 Å². The molecule has 49 heavy (non-hydrogen) atoms. The first-order valence-electron chi connectivity index (χ1n) is 17.5. The van der Waals surface area contributed by atoms with Crippen molar-refractivity contribution in [3.63, 3.8) is 0 Å². The van der Waals surface area contributed by atoms with Crippen molar-refractivity contribution in [2.45, 2.75) is 46.5 Å². The molecule has 0 radical (unpaired) electrons. The third-order valence-corrected chi connectivity index (χ3v) is 10.4. The van der Waals surface area contributed by atoms with Crippen LogP contribution < -0.4 is 4.90 Å². The number of benzene rings is 6. The summed E-state index contributed by atoms with van der Waals surface area (Å²) in [5, 5.41) is 2.62. The van der Waals surface area contributed by atoms with Crippen LogP contribution >= 0.6 is 0 Å². The van der Waals surface area contributed by atoms with Crippen LogP contribution in [-0.2, 0) is 5.41 Å². The summed E-state index contributed by atoms with van der Waals surface area (Å²) in [5.74, 6) is 0. The molecule has 8 rings (SSSR count). The zero-order valence-electron chi connectivity index (χ0n) is 29.0. The van der Waals surface area contributed by atoms with Gasteiger partial charge in [0.15, 0.2) is 0 Å². The van der Waals surface area contributed by atoms with E-state index in [0.29, 0.717) is 0 Å². The normalized spacial score (nSPS) is 13.9. The van der Waals surface area contributed by atoms with E-state index in [1.807, 2.05) is 0 Å². The second-order valence-corrected chi connectivity index (χ2v) is 13.7. The summed E-state index contributed by atoms with van der Waals surface area (Å²) in [6.07, 6.45) is 5.50. The van der Waals surface area contributed by atoms with Gasteiger partial charge in [-0.3, -0.25) is 0 Å².